The van der Waals surface area contributed by atoms with Gasteiger partial charge in [-0.1, -0.05) is 24.3 Å². The number of anilines is 2. The summed E-state index contributed by atoms with van der Waals surface area (Å²) in [6.07, 6.45) is -6.09. The van der Waals surface area contributed by atoms with Crippen molar-refractivity contribution in [3.05, 3.63) is 59.7 Å². The van der Waals surface area contributed by atoms with Crippen LogP contribution < -0.4 is 10.6 Å². The van der Waals surface area contributed by atoms with Crippen molar-refractivity contribution < 1.29 is 37.8 Å². The molecule has 0 spiro atoms. The van der Waals surface area contributed by atoms with E-state index in [2.05, 4.69) is 0 Å². The van der Waals surface area contributed by atoms with Crippen LogP contribution in [0.4, 0.5) is 29.3 Å². The smallest absolute Gasteiger partial charge is 0.475 e. The van der Waals surface area contributed by atoms with Gasteiger partial charge in [-0.25, -0.2) is 9.59 Å². The van der Waals surface area contributed by atoms with Crippen molar-refractivity contribution in [3.63, 3.8) is 0 Å². The molecule has 0 saturated carbocycles. The first-order valence-corrected chi connectivity index (χ1v) is 10.0. The van der Waals surface area contributed by atoms with E-state index in [1.165, 1.54) is 11.8 Å². The zero-order valence-electron chi connectivity index (χ0n) is 19.3. The number of carbonyl (C=O) groups excluding carboxylic acids is 1. The van der Waals surface area contributed by atoms with E-state index < -0.39 is 23.8 Å². The zero-order chi connectivity index (χ0) is 26.3. The minimum absolute atomic E-state index is 0.0614. The number of carboxylic acids is 1. The number of hydrogen-bond donors (Lipinski definition) is 3. The normalized spacial score (nSPS) is 11.1. The van der Waals surface area contributed by atoms with Gasteiger partial charge in [0.25, 0.3) is 0 Å². The predicted molar refractivity (Wildman–Crippen MR) is 121 cm³/mol. The Bertz CT molecular complexity index is 1020. The fourth-order valence-corrected chi connectivity index (χ4v) is 2.99. The average molecular weight is 483 g/mol. The number of nitrogen functional groups attached to an aromatic ring is 1. The third kappa shape index (κ3) is 9.00. The monoisotopic (exact) mass is 483 g/mol. The molecule has 2 amide bonds. The van der Waals surface area contributed by atoms with Crippen molar-refractivity contribution in [1.29, 1.82) is 0 Å². The number of carbonyl (C=O) groups is 3. The number of nitrogens with two attached hydrogens (primary N) is 1. The summed E-state index contributed by atoms with van der Waals surface area (Å²) in [5.74, 6) is -2.82. The molecular weight excluding hydrogens is 455 g/mol. The summed E-state index contributed by atoms with van der Waals surface area (Å²) in [5.41, 5.74) is 8.29. The molecular formula is C23H28F3N3O5. The largest absolute Gasteiger partial charge is 0.490 e. The lowest BCUT2D eigenvalue weighted by atomic mass is 10.0. The van der Waals surface area contributed by atoms with E-state index in [4.69, 9.17) is 15.6 Å². The highest BCUT2D eigenvalue weighted by Gasteiger charge is 2.38. The molecule has 0 aliphatic heterocycles. The van der Waals surface area contributed by atoms with Gasteiger partial charge in [-0.05, 0) is 56.2 Å². The SMILES string of the molecule is CC(=O)N(Cc1cccc(N)c1)Cc1cccc(N(C(=O)O)C(C)(C)C)c1.O=C(O)C(F)(F)F. The van der Waals surface area contributed by atoms with Gasteiger partial charge in [-0.15, -0.1) is 0 Å². The predicted octanol–water partition coefficient (Wildman–Crippen LogP) is 4.73. The highest BCUT2D eigenvalue weighted by atomic mass is 19.4. The van der Waals surface area contributed by atoms with Crippen LogP contribution in [-0.4, -0.2) is 44.8 Å². The summed E-state index contributed by atoms with van der Waals surface area (Å²) in [4.78, 5) is 35.8. The Morgan fingerprint density at radius 3 is 1.76 bits per heavy atom. The van der Waals surface area contributed by atoms with Crippen molar-refractivity contribution in [2.75, 3.05) is 10.6 Å². The van der Waals surface area contributed by atoms with E-state index in [9.17, 15) is 27.9 Å². The second-order valence-electron chi connectivity index (χ2n) is 8.38. The van der Waals surface area contributed by atoms with Gasteiger partial charge in [0.15, 0.2) is 0 Å². The van der Waals surface area contributed by atoms with Gasteiger partial charge in [0, 0.05) is 36.9 Å². The lowest BCUT2D eigenvalue weighted by Gasteiger charge is -2.33. The van der Waals surface area contributed by atoms with Gasteiger partial charge >= 0.3 is 18.2 Å². The van der Waals surface area contributed by atoms with Crippen LogP contribution in [0.2, 0.25) is 0 Å². The summed E-state index contributed by atoms with van der Waals surface area (Å²) in [6, 6.07) is 14.7. The van der Waals surface area contributed by atoms with E-state index in [-0.39, 0.29) is 5.91 Å². The molecule has 34 heavy (non-hydrogen) atoms. The fourth-order valence-electron chi connectivity index (χ4n) is 2.99. The molecule has 0 bridgehead atoms. The summed E-state index contributed by atoms with van der Waals surface area (Å²) in [5, 5.41) is 16.7. The van der Waals surface area contributed by atoms with Crippen molar-refractivity contribution in [2.45, 2.75) is 52.5 Å². The molecule has 0 radical (unpaired) electrons. The Labute approximate surface area is 195 Å². The topological polar surface area (TPSA) is 124 Å². The first-order valence-electron chi connectivity index (χ1n) is 10.0. The second kappa shape index (κ2) is 11.4. The number of amides is 2. The molecule has 0 saturated heterocycles. The molecule has 0 unspecified atom stereocenters. The summed E-state index contributed by atoms with van der Waals surface area (Å²) in [7, 11) is 0. The van der Waals surface area contributed by atoms with Gasteiger partial charge in [-0.2, -0.15) is 13.2 Å². The van der Waals surface area contributed by atoms with Gasteiger partial charge in [0.05, 0.1) is 0 Å². The number of hydrogen-bond acceptors (Lipinski definition) is 4. The van der Waals surface area contributed by atoms with Crippen LogP contribution in [0.25, 0.3) is 0 Å². The first kappa shape index (κ1) is 28.3. The molecule has 186 valence electrons. The summed E-state index contributed by atoms with van der Waals surface area (Å²) in [6.45, 7) is 7.87. The van der Waals surface area contributed by atoms with Crippen LogP contribution in [0.15, 0.2) is 48.5 Å². The summed E-state index contributed by atoms with van der Waals surface area (Å²) < 4.78 is 31.7. The quantitative estimate of drug-likeness (QED) is 0.528. The van der Waals surface area contributed by atoms with Crippen molar-refractivity contribution in [3.8, 4) is 0 Å². The van der Waals surface area contributed by atoms with Crippen LogP contribution in [0.3, 0.4) is 0 Å². The number of rotatable bonds is 5. The van der Waals surface area contributed by atoms with Crippen LogP contribution in [0.5, 0.6) is 0 Å². The minimum atomic E-state index is -5.08. The molecule has 0 aliphatic carbocycles. The second-order valence-corrected chi connectivity index (χ2v) is 8.38. The Kier molecular flexibility index (Phi) is 9.47. The van der Waals surface area contributed by atoms with Crippen molar-refractivity contribution >= 4 is 29.3 Å². The van der Waals surface area contributed by atoms with E-state index in [0.717, 1.165) is 11.1 Å². The Balaban J connectivity index is 0.000000718. The Morgan fingerprint density at radius 1 is 0.912 bits per heavy atom. The van der Waals surface area contributed by atoms with E-state index in [0.29, 0.717) is 24.5 Å². The number of aliphatic carboxylic acids is 1. The number of nitrogens with zero attached hydrogens (tertiary/aromatic N) is 2. The minimum Gasteiger partial charge on any atom is -0.475 e. The van der Waals surface area contributed by atoms with Gasteiger partial charge < -0.3 is 20.8 Å². The first-order chi connectivity index (χ1) is 15.5. The fraction of sp³-hybridized carbons (Fsp3) is 0.348. The maximum atomic E-state index is 12.1. The lowest BCUT2D eigenvalue weighted by Crippen LogP contribution is -2.45. The maximum absolute atomic E-state index is 12.1. The van der Waals surface area contributed by atoms with Crippen LogP contribution in [0, 0.1) is 0 Å². The highest BCUT2D eigenvalue weighted by molar-refractivity contribution is 5.87. The molecule has 0 aromatic heterocycles. The van der Waals surface area contributed by atoms with Crippen LogP contribution in [-0.2, 0) is 22.7 Å². The third-order valence-corrected chi connectivity index (χ3v) is 4.42. The van der Waals surface area contributed by atoms with Crippen molar-refractivity contribution in [1.82, 2.24) is 4.90 Å². The maximum Gasteiger partial charge on any atom is 0.490 e. The molecule has 0 heterocycles. The van der Waals surface area contributed by atoms with E-state index >= 15 is 0 Å². The highest BCUT2D eigenvalue weighted by Crippen LogP contribution is 2.26. The number of carboxylic acid groups (broad SMARTS) is 2. The number of benzene rings is 2. The molecule has 8 nitrogen and oxygen atoms in total. The Morgan fingerprint density at radius 2 is 1.38 bits per heavy atom. The Hall–Kier alpha value is -3.76. The van der Waals surface area contributed by atoms with Crippen LogP contribution >= 0.6 is 0 Å². The lowest BCUT2D eigenvalue weighted by molar-refractivity contribution is -0.192. The van der Waals surface area contributed by atoms with E-state index in [1.807, 2.05) is 57.2 Å². The molecule has 0 aliphatic rings. The van der Waals surface area contributed by atoms with Crippen molar-refractivity contribution in [2.24, 2.45) is 0 Å². The average Bonchev–Trinajstić information content (AvgIpc) is 2.66. The zero-order valence-corrected chi connectivity index (χ0v) is 19.3. The summed E-state index contributed by atoms with van der Waals surface area (Å²) >= 11 is 0. The molecule has 0 atom stereocenters. The molecule has 0 fully saturated rings. The standard InChI is InChI=1S/C21H27N3O3.C2HF3O2/c1-15(25)23(13-16-7-5-9-18(22)11-16)14-17-8-6-10-19(12-17)24(20(26)27)21(2,3)4;3-2(4,5)1(6)7/h5-12H,13-14,22H2,1-4H3,(H,26,27);(H,6,7). The number of halogens is 3. The molecule has 2 aromatic rings. The molecule has 4 N–H and O–H groups in total. The molecule has 11 heteroatoms. The molecule has 2 rings (SSSR count). The third-order valence-electron chi connectivity index (χ3n) is 4.42. The van der Waals surface area contributed by atoms with Gasteiger partial charge in [0.2, 0.25) is 5.91 Å². The molecule has 2 aromatic carbocycles. The van der Waals surface area contributed by atoms with Gasteiger partial charge in [0.1, 0.15) is 0 Å². The van der Waals surface area contributed by atoms with E-state index in [1.54, 1.807) is 17.0 Å². The number of alkyl halides is 3. The van der Waals surface area contributed by atoms with Gasteiger partial charge in [-0.3, -0.25) is 9.69 Å². The van der Waals surface area contributed by atoms with Crippen LogP contribution in [0.1, 0.15) is 38.8 Å².